The van der Waals surface area contributed by atoms with Crippen LogP contribution in [0.2, 0.25) is 0 Å². The molecule has 5 nitrogen and oxygen atoms in total. The molecule has 0 aliphatic heterocycles. The van der Waals surface area contributed by atoms with Crippen molar-refractivity contribution in [1.29, 1.82) is 0 Å². The average Bonchev–Trinajstić information content (AvgIpc) is 2.90. The van der Waals surface area contributed by atoms with Crippen LogP contribution < -0.4 is 4.72 Å². The summed E-state index contributed by atoms with van der Waals surface area (Å²) >= 11 is 3.42. The first-order chi connectivity index (χ1) is 12.2. The minimum atomic E-state index is -3.73. The van der Waals surface area contributed by atoms with E-state index in [4.69, 9.17) is 4.52 Å². The van der Waals surface area contributed by atoms with E-state index in [0.29, 0.717) is 17.0 Å². The Labute approximate surface area is 161 Å². The van der Waals surface area contributed by atoms with Gasteiger partial charge in [-0.15, -0.1) is 0 Å². The predicted octanol–water partition coefficient (Wildman–Crippen LogP) is 5.14. The van der Waals surface area contributed by atoms with Gasteiger partial charge < -0.3 is 4.52 Å². The Morgan fingerprint density at radius 3 is 2.35 bits per heavy atom. The van der Waals surface area contributed by atoms with Gasteiger partial charge >= 0.3 is 0 Å². The molecule has 0 unspecified atom stereocenters. The van der Waals surface area contributed by atoms with E-state index in [1.165, 1.54) is 0 Å². The van der Waals surface area contributed by atoms with Gasteiger partial charge in [-0.25, -0.2) is 8.42 Å². The van der Waals surface area contributed by atoms with Crippen LogP contribution in [0.5, 0.6) is 0 Å². The van der Waals surface area contributed by atoms with Crippen LogP contribution >= 0.6 is 15.9 Å². The molecular formula is C19H19BrN2O3S. The Hall–Kier alpha value is -2.12. The molecule has 2 aromatic carbocycles. The summed E-state index contributed by atoms with van der Waals surface area (Å²) in [6, 6.07) is 10.7. The van der Waals surface area contributed by atoms with Gasteiger partial charge in [-0.05, 0) is 68.7 Å². The van der Waals surface area contributed by atoms with Crippen LogP contribution in [0.25, 0.3) is 11.1 Å². The second-order valence-corrected chi connectivity index (χ2v) is 8.75. The van der Waals surface area contributed by atoms with E-state index in [2.05, 4.69) is 25.8 Å². The number of hydrogen-bond donors (Lipinski definition) is 1. The van der Waals surface area contributed by atoms with Crippen molar-refractivity contribution in [2.75, 3.05) is 4.72 Å². The lowest BCUT2D eigenvalue weighted by Gasteiger charge is -2.13. The van der Waals surface area contributed by atoms with E-state index < -0.39 is 10.0 Å². The number of aryl methyl sites for hydroxylation is 4. The quantitative estimate of drug-likeness (QED) is 0.616. The highest BCUT2D eigenvalue weighted by molar-refractivity contribution is 9.10. The first kappa shape index (κ1) is 18.7. The fourth-order valence-corrected chi connectivity index (χ4v) is 4.43. The maximum absolute atomic E-state index is 12.9. The van der Waals surface area contributed by atoms with Gasteiger partial charge in [0.2, 0.25) is 0 Å². The zero-order valence-corrected chi connectivity index (χ0v) is 17.3. The molecule has 0 atom stereocenters. The van der Waals surface area contributed by atoms with Crippen molar-refractivity contribution in [3.05, 3.63) is 63.5 Å². The number of sulfonamides is 1. The number of nitrogens with one attached hydrogen (secondary N) is 1. The lowest BCUT2D eigenvalue weighted by molar-refractivity contribution is 0.393. The monoisotopic (exact) mass is 434 g/mol. The van der Waals surface area contributed by atoms with E-state index in [9.17, 15) is 8.42 Å². The van der Waals surface area contributed by atoms with Crippen LogP contribution in [0.4, 0.5) is 5.69 Å². The molecule has 0 saturated carbocycles. The van der Waals surface area contributed by atoms with E-state index in [1.54, 1.807) is 31.2 Å². The van der Waals surface area contributed by atoms with Crippen molar-refractivity contribution in [3.63, 3.8) is 0 Å². The minimum Gasteiger partial charge on any atom is -0.361 e. The van der Waals surface area contributed by atoms with Gasteiger partial charge in [0.25, 0.3) is 10.0 Å². The molecule has 0 radical (unpaired) electrons. The standard InChI is InChI=1S/C19H19BrN2O3S/c1-11-5-6-15(19-13(3)21-25-14(19)4)10-18(11)26(23,24)22-16-7-8-17(20)12(2)9-16/h5-10,22H,1-4H3. The van der Waals surface area contributed by atoms with Crippen molar-refractivity contribution in [3.8, 4) is 11.1 Å². The summed E-state index contributed by atoms with van der Waals surface area (Å²) in [6.07, 6.45) is 0. The van der Waals surface area contributed by atoms with Gasteiger partial charge in [-0.2, -0.15) is 0 Å². The molecule has 7 heteroatoms. The van der Waals surface area contributed by atoms with Gasteiger partial charge in [-0.1, -0.05) is 33.2 Å². The molecule has 1 N–H and O–H groups in total. The largest absolute Gasteiger partial charge is 0.361 e. The fraction of sp³-hybridized carbons (Fsp3) is 0.211. The highest BCUT2D eigenvalue weighted by Crippen LogP contribution is 2.31. The van der Waals surface area contributed by atoms with Gasteiger partial charge in [0.05, 0.1) is 10.6 Å². The summed E-state index contributed by atoms with van der Waals surface area (Å²) in [4.78, 5) is 0.232. The zero-order chi connectivity index (χ0) is 19.1. The first-order valence-electron chi connectivity index (χ1n) is 8.02. The molecule has 1 heterocycles. The summed E-state index contributed by atoms with van der Waals surface area (Å²) in [5.41, 5.74) is 4.45. The summed E-state index contributed by atoms with van der Waals surface area (Å²) < 4.78 is 34.7. The Morgan fingerprint density at radius 1 is 1.00 bits per heavy atom. The van der Waals surface area contributed by atoms with Gasteiger partial charge in [0.1, 0.15) is 5.76 Å². The lowest BCUT2D eigenvalue weighted by atomic mass is 10.0. The Balaban J connectivity index is 2.04. The molecule has 3 rings (SSSR count). The predicted molar refractivity (Wildman–Crippen MR) is 106 cm³/mol. The first-order valence-corrected chi connectivity index (χ1v) is 10.3. The third-order valence-corrected chi connectivity index (χ3v) is 6.62. The van der Waals surface area contributed by atoms with E-state index >= 15 is 0 Å². The molecule has 0 aliphatic carbocycles. The molecular weight excluding hydrogens is 416 g/mol. The molecule has 1 aromatic heterocycles. The highest BCUT2D eigenvalue weighted by Gasteiger charge is 2.20. The Bertz CT molecular complexity index is 1070. The fourth-order valence-electron chi connectivity index (χ4n) is 2.86. The molecule has 0 amide bonds. The summed E-state index contributed by atoms with van der Waals surface area (Å²) in [7, 11) is -3.73. The molecule has 26 heavy (non-hydrogen) atoms. The van der Waals surface area contributed by atoms with Crippen LogP contribution in [-0.4, -0.2) is 13.6 Å². The van der Waals surface area contributed by atoms with Crippen LogP contribution in [0.15, 0.2) is 50.3 Å². The van der Waals surface area contributed by atoms with Gasteiger partial charge in [0.15, 0.2) is 0 Å². The van der Waals surface area contributed by atoms with Crippen LogP contribution in [-0.2, 0) is 10.0 Å². The summed E-state index contributed by atoms with van der Waals surface area (Å²) in [5.74, 6) is 0.659. The molecule has 0 fully saturated rings. The summed E-state index contributed by atoms with van der Waals surface area (Å²) in [5, 5.41) is 3.95. The molecule has 0 aliphatic rings. The number of halogens is 1. The number of anilines is 1. The summed E-state index contributed by atoms with van der Waals surface area (Å²) in [6.45, 7) is 7.33. The second-order valence-electron chi connectivity index (χ2n) is 6.25. The highest BCUT2D eigenvalue weighted by atomic mass is 79.9. The number of nitrogens with zero attached hydrogens (tertiary/aromatic N) is 1. The topological polar surface area (TPSA) is 72.2 Å². The van der Waals surface area contributed by atoms with E-state index in [-0.39, 0.29) is 4.90 Å². The third-order valence-electron chi connectivity index (χ3n) is 4.21. The lowest BCUT2D eigenvalue weighted by Crippen LogP contribution is -2.14. The normalized spacial score (nSPS) is 11.6. The Kier molecular flexibility index (Phi) is 4.94. The van der Waals surface area contributed by atoms with Crippen molar-refractivity contribution in [1.82, 2.24) is 5.16 Å². The molecule has 0 saturated heterocycles. The minimum absolute atomic E-state index is 0.232. The number of hydrogen-bond acceptors (Lipinski definition) is 4. The van der Waals surface area contributed by atoms with Crippen LogP contribution in [0.3, 0.4) is 0 Å². The van der Waals surface area contributed by atoms with Crippen LogP contribution in [0, 0.1) is 27.7 Å². The Morgan fingerprint density at radius 2 is 1.73 bits per heavy atom. The third kappa shape index (κ3) is 3.54. The van der Waals surface area contributed by atoms with Crippen molar-refractivity contribution in [2.45, 2.75) is 32.6 Å². The maximum Gasteiger partial charge on any atom is 0.262 e. The zero-order valence-electron chi connectivity index (χ0n) is 14.9. The van der Waals surface area contributed by atoms with Crippen molar-refractivity contribution < 1.29 is 12.9 Å². The van der Waals surface area contributed by atoms with E-state index in [0.717, 1.165) is 26.9 Å². The van der Waals surface area contributed by atoms with Gasteiger partial charge in [0, 0.05) is 15.7 Å². The van der Waals surface area contributed by atoms with Crippen molar-refractivity contribution in [2.24, 2.45) is 0 Å². The maximum atomic E-state index is 12.9. The number of aromatic nitrogens is 1. The number of rotatable bonds is 4. The smallest absolute Gasteiger partial charge is 0.262 e. The number of benzene rings is 2. The van der Waals surface area contributed by atoms with Crippen LogP contribution in [0.1, 0.15) is 22.6 Å². The molecule has 0 bridgehead atoms. The molecule has 3 aromatic rings. The SMILES string of the molecule is Cc1cc(NS(=O)(=O)c2cc(-c3c(C)noc3C)ccc2C)ccc1Br. The van der Waals surface area contributed by atoms with E-state index in [1.807, 2.05) is 32.9 Å². The second kappa shape index (κ2) is 6.89. The average molecular weight is 435 g/mol. The molecule has 136 valence electrons. The van der Waals surface area contributed by atoms with Gasteiger partial charge in [-0.3, -0.25) is 4.72 Å². The molecule has 0 spiro atoms. The van der Waals surface area contributed by atoms with Crippen molar-refractivity contribution >= 4 is 31.6 Å².